The minimum Gasteiger partial charge on any atom is -0.493 e. The van der Waals surface area contributed by atoms with Gasteiger partial charge in [-0.15, -0.1) is 0 Å². The highest BCUT2D eigenvalue weighted by Crippen LogP contribution is 2.35. The number of sulfone groups is 1. The van der Waals surface area contributed by atoms with E-state index < -0.39 is 21.7 Å². The Labute approximate surface area is 167 Å². The number of carbonyl (C=O) groups is 2. The maximum absolute atomic E-state index is 12.8. The molecule has 0 saturated carbocycles. The average molecular weight is 429 g/mol. The van der Waals surface area contributed by atoms with Gasteiger partial charge in [0.1, 0.15) is 5.56 Å². The number of rotatable bonds is 6. The number of carbonyl (C=O) groups excluding carboxylic acids is 2. The molecule has 0 aliphatic carbocycles. The lowest BCUT2D eigenvalue weighted by Gasteiger charge is -2.21. The molecule has 2 rings (SSSR count). The van der Waals surface area contributed by atoms with E-state index in [1.165, 1.54) is 30.3 Å². The zero-order valence-electron chi connectivity index (χ0n) is 15.9. The van der Waals surface area contributed by atoms with Gasteiger partial charge >= 0.3 is 6.03 Å². The lowest BCUT2D eigenvalue weighted by Crippen LogP contribution is -2.35. The van der Waals surface area contributed by atoms with Gasteiger partial charge in [-0.05, 0) is 26.0 Å². The van der Waals surface area contributed by atoms with Crippen LogP contribution in [0.3, 0.4) is 0 Å². The number of ketones is 1. The molecule has 2 N–H and O–H groups in total. The zero-order valence-corrected chi connectivity index (χ0v) is 17.4. The third-order valence-corrected chi connectivity index (χ3v) is 5.71. The number of benzene rings is 1. The molecule has 2 amide bonds. The molecule has 0 spiro atoms. The van der Waals surface area contributed by atoms with Crippen LogP contribution in [0.25, 0.3) is 0 Å². The largest absolute Gasteiger partial charge is 0.493 e. The molecule has 1 aromatic heterocycles. The summed E-state index contributed by atoms with van der Waals surface area (Å²) < 4.78 is 25.4. The normalized spacial score (nSPS) is 11.3. The van der Waals surface area contributed by atoms with Crippen LogP contribution in [0.4, 0.5) is 10.5 Å². The van der Waals surface area contributed by atoms with E-state index in [2.05, 4.69) is 10.4 Å². The molecule has 0 aliphatic heterocycles. The van der Waals surface area contributed by atoms with Crippen LogP contribution in [-0.2, 0) is 16.9 Å². The summed E-state index contributed by atoms with van der Waals surface area (Å²) in [5.74, 6) is -1.02. The van der Waals surface area contributed by atoms with Gasteiger partial charge in [-0.25, -0.2) is 17.9 Å². The van der Waals surface area contributed by atoms with E-state index in [1.807, 2.05) is 0 Å². The molecule has 0 fully saturated rings. The number of hydrogen-bond donors (Lipinski definition) is 2. The first kappa shape index (κ1) is 21.7. The number of anilines is 1. The summed E-state index contributed by atoms with van der Waals surface area (Å²) in [4.78, 5) is 26.4. The predicted octanol–water partition coefficient (Wildman–Crippen LogP) is 2.29. The fourth-order valence-electron chi connectivity index (χ4n) is 2.59. The Kier molecular flexibility index (Phi) is 6.35. The van der Waals surface area contributed by atoms with E-state index in [0.717, 1.165) is 10.9 Å². The van der Waals surface area contributed by atoms with E-state index >= 15 is 0 Å². The van der Waals surface area contributed by atoms with E-state index in [1.54, 1.807) is 13.8 Å². The third-order valence-electron chi connectivity index (χ3n) is 4.18. The van der Waals surface area contributed by atoms with Crippen LogP contribution in [0.2, 0.25) is 5.02 Å². The maximum Gasteiger partial charge on any atom is 0.321 e. The zero-order chi connectivity index (χ0) is 21.2. The van der Waals surface area contributed by atoms with Crippen molar-refractivity contribution < 1.29 is 23.1 Å². The number of hydrogen-bond acceptors (Lipinski definition) is 6. The molecular formula is C17H21ClN4O5S. The van der Waals surface area contributed by atoms with Gasteiger partial charge in [0.2, 0.25) is 11.7 Å². The molecule has 28 heavy (non-hydrogen) atoms. The molecule has 1 heterocycles. The molecular weight excluding hydrogens is 408 g/mol. The van der Waals surface area contributed by atoms with Crippen LogP contribution in [0, 0.1) is 0 Å². The lowest BCUT2D eigenvalue weighted by molar-refractivity contribution is 0.103. The van der Waals surface area contributed by atoms with Crippen LogP contribution in [0.1, 0.15) is 29.8 Å². The Bertz CT molecular complexity index is 1030. The maximum atomic E-state index is 12.8. The van der Waals surface area contributed by atoms with E-state index in [0.29, 0.717) is 13.1 Å². The average Bonchev–Trinajstić information content (AvgIpc) is 2.95. The van der Waals surface area contributed by atoms with Gasteiger partial charge in [-0.2, -0.15) is 5.10 Å². The molecule has 11 heteroatoms. The Hall–Kier alpha value is -2.59. The number of aryl methyl sites for hydroxylation is 1. The van der Waals surface area contributed by atoms with Crippen molar-refractivity contribution in [3.63, 3.8) is 0 Å². The highest BCUT2D eigenvalue weighted by Gasteiger charge is 2.26. The second-order valence-electron chi connectivity index (χ2n) is 6.01. The molecule has 0 aliphatic rings. The van der Waals surface area contributed by atoms with Gasteiger partial charge in [0.25, 0.3) is 0 Å². The number of amides is 2. The number of nitrogens with one attached hydrogen (secondary N) is 1. The van der Waals surface area contributed by atoms with E-state index in [9.17, 15) is 23.1 Å². The van der Waals surface area contributed by atoms with Crippen molar-refractivity contribution in [2.24, 2.45) is 7.05 Å². The molecule has 0 unspecified atom stereocenters. The first-order valence-electron chi connectivity index (χ1n) is 8.37. The summed E-state index contributed by atoms with van der Waals surface area (Å²) in [5.41, 5.74) is -0.361. The Morgan fingerprint density at radius 2 is 1.86 bits per heavy atom. The number of aromatic nitrogens is 2. The molecule has 0 atom stereocenters. The topological polar surface area (TPSA) is 122 Å². The molecule has 2 aromatic rings. The Morgan fingerprint density at radius 1 is 1.25 bits per heavy atom. The number of urea groups is 1. The minimum absolute atomic E-state index is 0.0767. The fourth-order valence-corrected chi connectivity index (χ4v) is 3.79. The van der Waals surface area contributed by atoms with E-state index in [4.69, 9.17) is 11.6 Å². The standard InChI is InChI=1S/C17H21ClN4O5S/c1-5-22(6-2)17(25)20-14-12(28(4,26)27)8-7-10(13(14)18)15(23)11-9-19-21(3)16(11)24/h7-9,24H,5-6H2,1-4H3,(H,20,25). The lowest BCUT2D eigenvalue weighted by atomic mass is 10.0. The molecule has 0 saturated heterocycles. The summed E-state index contributed by atoms with van der Waals surface area (Å²) in [6.07, 6.45) is 2.15. The number of nitrogens with zero attached hydrogens (tertiary/aromatic N) is 3. The van der Waals surface area contributed by atoms with Crippen molar-refractivity contribution in [3.05, 3.63) is 34.5 Å². The predicted molar refractivity (Wildman–Crippen MR) is 105 cm³/mol. The second-order valence-corrected chi connectivity index (χ2v) is 8.37. The van der Waals surface area contributed by atoms with Gasteiger partial charge in [-0.1, -0.05) is 11.6 Å². The number of aromatic hydroxyl groups is 1. The molecule has 0 radical (unpaired) electrons. The molecule has 0 bridgehead atoms. The summed E-state index contributed by atoms with van der Waals surface area (Å²) in [6.45, 7) is 4.34. The molecule has 152 valence electrons. The highest BCUT2D eigenvalue weighted by molar-refractivity contribution is 7.90. The van der Waals surface area contributed by atoms with Crippen molar-refractivity contribution >= 4 is 38.9 Å². The first-order chi connectivity index (χ1) is 13.0. The van der Waals surface area contributed by atoms with Crippen molar-refractivity contribution in [1.82, 2.24) is 14.7 Å². The second kappa shape index (κ2) is 8.19. The fraction of sp³-hybridized carbons (Fsp3) is 0.353. The highest BCUT2D eigenvalue weighted by atomic mass is 35.5. The molecule has 9 nitrogen and oxygen atoms in total. The van der Waals surface area contributed by atoms with Crippen LogP contribution in [0.15, 0.2) is 23.2 Å². The third kappa shape index (κ3) is 4.12. The van der Waals surface area contributed by atoms with Crippen LogP contribution in [-0.4, -0.2) is 59.4 Å². The summed E-state index contributed by atoms with van der Waals surface area (Å²) in [7, 11) is -2.29. The monoisotopic (exact) mass is 428 g/mol. The van der Waals surface area contributed by atoms with Gasteiger partial charge in [0.15, 0.2) is 9.84 Å². The Morgan fingerprint density at radius 3 is 2.32 bits per heavy atom. The van der Waals surface area contributed by atoms with E-state index in [-0.39, 0.29) is 32.6 Å². The molecule has 1 aromatic carbocycles. The van der Waals surface area contributed by atoms with Crippen molar-refractivity contribution in [2.45, 2.75) is 18.7 Å². The summed E-state index contributed by atoms with van der Waals surface area (Å²) in [6, 6.07) is 1.88. The minimum atomic E-state index is -3.75. The quantitative estimate of drug-likeness (QED) is 0.680. The Balaban J connectivity index is 2.61. The van der Waals surface area contributed by atoms with Crippen LogP contribution in [0.5, 0.6) is 5.88 Å². The van der Waals surface area contributed by atoms with Crippen molar-refractivity contribution in [1.29, 1.82) is 0 Å². The SMILES string of the molecule is CCN(CC)C(=O)Nc1c(S(C)(=O)=O)ccc(C(=O)c2cnn(C)c2O)c1Cl. The van der Waals surface area contributed by atoms with Crippen molar-refractivity contribution in [2.75, 3.05) is 24.7 Å². The van der Waals surface area contributed by atoms with Crippen LogP contribution >= 0.6 is 11.6 Å². The smallest absolute Gasteiger partial charge is 0.321 e. The summed E-state index contributed by atoms with van der Waals surface area (Å²) in [5, 5.41) is 16.0. The summed E-state index contributed by atoms with van der Waals surface area (Å²) >= 11 is 6.33. The van der Waals surface area contributed by atoms with Crippen LogP contribution < -0.4 is 5.32 Å². The number of halogens is 1. The van der Waals surface area contributed by atoms with Crippen molar-refractivity contribution in [3.8, 4) is 5.88 Å². The van der Waals surface area contributed by atoms with Gasteiger partial charge in [0.05, 0.1) is 21.8 Å². The van der Waals surface area contributed by atoms with Gasteiger partial charge in [0, 0.05) is 32.0 Å². The first-order valence-corrected chi connectivity index (χ1v) is 10.6. The van der Waals surface area contributed by atoms with Gasteiger partial charge in [-0.3, -0.25) is 4.79 Å². The van der Waals surface area contributed by atoms with Gasteiger partial charge < -0.3 is 15.3 Å².